The van der Waals surface area contributed by atoms with Crippen LogP contribution < -0.4 is 5.73 Å². The van der Waals surface area contributed by atoms with E-state index in [0.717, 1.165) is 5.69 Å². The van der Waals surface area contributed by atoms with Crippen molar-refractivity contribution in [1.82, 2.24) is 4.98 Å². The fourth-order valence-corrected chi connectivity index (χ4v) is 0.719. The van der Waals surface area contributed by atoms with E-state index in [2.05, 4.69) is 11.6 Å². The molecule has 0 unspecified atom stereocenters. The molecule has 3 heteroatoms. The number of nitrogens with two attached hydrogens (primary N) is 1. The number of H-pyrrole nitrogens is 1. The third-order valence-corrected chi connectivity index (χ3v) is 1.30. The predicted molar refractivity (Wildman–Crippen MR) is 39.6 cm³/mol. The molecule has 54 valence electrons. The smallest absolute Gasteiger partial charge is 0.133 e. The van der Waals surface area contributed by atoms with Crippen LogP contribution in [0.3, 0.4) is 0 Å². The van der Waals surface area contributed by atoms with Crippen LogP contribution in [0.5, 0.6) is 5.75 Å². The average Bonchev–Trinajstić information content (AvgIpc) is 2.34. The zero-order valence-corrected chi connectivity index (χ0v) is 5.54. The van der Waals surface area contributed by atoms with Gasteiger partial charge in [0.25, 0.3) is 0 Å². The van der Waals surface area contributed by atoms with Crippen LogP contribution in [0.4, 0.5) is 0 Å². The minimum atomic E-state index is -0.221. The SMILES string of the molecule is C=C[C@H](N)c1cc(O)c[nH]1. The zero-order valence-electron chi connectivity index (χ0n) is 5.54. The molecule has 0 radical (unpaired) electrons. The molecule has 3 nitrogen and oxygen atoms in total. The van der Waals surface area contributed by atoms with Crippen LogP contribution in [0, 0.1) is 0 Å². The predicted octanol–water partition coefficient (Wildman–Crippen LogP) is 0.906. The Bertz CT molecular complexity index is 229. The molecule has 1 aromatic rings. The van der Waals surface area contributed by atoms with E-state index in [9.17, 15) is 0 Å². The highest BCUT2D eigenvalue weighted by atomic mass is 16.3. The van der Waals surface area contributed by atoms with Crippen molar-refractivity contribution in [3.05, 3.63) is 30.6 Å². The Labute approximate surface area is 59.2 Å². The van der Waals surface area contributed by atoms with Gasteiger partial charge in [-0.2, -0.15) is 0 Å². The second-order valence-electron chi connectivity index (χ2n) is 2.07. The standard InChI is InChI=1S/C7H10N2O/c1-2-6(8)7-3-5(10)4-9-7/h2-4,6,9-10H,1,8H2/t6-/m0/s1. The van der Waals surface area contributed by atoms with Crippen LogP contribution in [0.2, 0.25) is 0 Å². The number of aromatic nitrogens is 1. The lowest BCUT2D eigenvalue weighted by molar-refractivity contribution is 0.476. The van der Waals surface area contributed by atoms with Crippen LogP contribution in [-0.4, -0.2) is 10.1 Å². The number of hydrogen-bond acceptors (Lipinski definition) is 2. The molecule has 0 fully saturated rings. The van der Waals surface area contributed by atoms with Crippen molar-refractivity contribution in [3.63, 3.8) is 0 Å². The molecule has 0 aliphatic carbocycles. The molecule has 0 amide bonds. The topological polar surface area (TPSA) is 62.0 Å². The van der Waals surface area contributed by atoms with Gasteiger partial charge in [0.2, 0.25) is 0 Å². The van der Waals surface area contributed by atoms with Gasteiger partial charge in [0.05, 0.1) is 6.04 Å². The van der Waals surface area contributed by atoms with Gasteiger partial charge in [-0.25, -0.2) is 0 Å². The molecule has 0 aliphatic heterocycles. The van der Waals surface area contributed by atoms with E-state index in [4.69, 9.17) is 10.8 Å². The Balaban J connectivity index is 2.84. The zero-order chi connectivity index (χ0) is 7.56. The van der Waals surface area contributed by atoms with Crippen LogP contribution in [-0.2, 0) is 0 Å². The second-order valence-corrected chi connectivity index (χ2v) is 2.07. The Morgan fingerprint density at radius 1 is 1.80 bits per heavy atom. The lowest BCUT2D eigenvalue weighted by atomic mass is 10.2. The maximum atomic E-state index is 8.88. The summed E-state index contributed by atoms with van der Waals surface area (Å²) in [7, 11) is 0. The quantitative estimate of drug-likeness (QED) is 0.532. The van der Waals surface area contributed by atoms with Crippen molar-refractivity contribution < 1.29 is 5.11 Å². The largest absolute Gasteiger partial charge is 0.506 e. The van der Waals surface area contributed by atoms with Crippen molar-refractivity contribution in [2.75, 3.05) is 0 Å². The summed E-state index contributed by atoms with van der Waals surface area (Å²) in [6.45, 7) is 3.52. The molecule has 1 aromatic heterocycles. The van der Waals surface area contributed by atoms with Gasteiger partial charge in [-0.05, 0) is 0 Å². The molecular formula is C7H10N2O. The van der Waals surface area contributed by atoms with Gasteiger partial charge < -0.3 is 15.8 Å². The number of nitrogens with one attached hydrogen (secondary N) is 1. The summed E-state index contributed by atoms with van der Waals surface area (Å²) in [6, 6.07) is 1.35. The third kappa shape index (κ3) is 1.19. The van der Waals surface area contributed by atoms with Crippen molar-refractivity contribution in [3.8, 4) is 5.75 Å². The van der Waals surface area contributed by atoms with Crippen molar-refractivity contribution >= 4 is 0 Å². The van der Waals surface area contributed by atoms with Gasteiger partial charge in [0.15, 0.2) is 0 Å². The molecule has 0 saturated carbocycles. The molecule has 1 heterocycles. The fraction of sp³-hybridized carbons (Fsp3) is 0.143. The maximum absolute atomic E-state index is 8.88. The summed E-state index contributed by atoms with van der Waals surface area (Å²) >= 11 is 0. The van der Waals surface area contributed by atoms with E-state index >= 15 is 0 Å². The van der Waals surface area contributed by atoms with Crippen molar-refractivity contribution in [2.45, 2.75) is 6.04 Å². The number of hydrogen-bond donors (Lipinski definition) is 3. The molecular weight excluding hydrogens is 128 g/mol. The summed E-state index contributed by atoms with van der Waals surface area (Å²) in [5.41, 5.74) is 6.32. The Morgan fingerprint density at radius 3 is 2.90 bits per heavy atom. The molecule has 1 atom stereocenters. The number of aromatic amines is 1. The van der Waals surface area contributed by atoms with Crippen LogP contribution >= 0.6 is 0 Å². The Kier molecular flexibility index (Phi) is 1.78. The monoisotopic (exact) mass is 138 g/mol. The van der Waals surface area contributed by atoms with Gasteiger partial charge in [-0.1, -0.05) is 6.08 Å². The Hall–Kier alpha value is -1.22. The van der Waals surface area contributed by atoms with E-state index in [-0.39, 0.29) is 11.8 Å². The normalized spacial score (nSPS) is 12.9. The molecule has 0 bridgehead atoms. The van der Waals surface area contributed by atoms with Crippen LogP contribution in [0.15, 0.2) is 24.9 Å². The number of rotatable bonds is 2. The van der Waals surface area contributed by atoms with Gasteiger partial charge in [-0.3, -0.25) is 0 Å². The summed E-state index contributed by atoms with van der Waals surface area (Å²) in [5, 5.41) is 8.88. The summed E-state index contributed by atoms with van der Waals surface area (Å²) in [5.74, 6) is 0.201. The highest BCUT2D eigenvalue weighted by Crippen LogP contribution is 2.15. The molecule has 0 spiro atoms. The summed E-state index contributed by atoms with van der Waals surface area (Å²) < 4.78 is 0. The van der Waals surface area contributed by atoms with Gasteiger partial charge in [-0.15, -0.1) is 6.58 Å². The highest BCUT2D eigenvalue weighted by Gasteiger charge is 2.02. The first kappa shape index (κ1) is 6.89. The van der Waals surface area contributed by atoms with Gasteiger partial charge in [0, 0.05) is 18.0 Å². The van der Waals surface area contributed by atoms with Crippen LogP contribution in [0.25, 0.3) is 0 Å². The first-order chi connectivity index (χ1) is 4.74. The van der Waals surface area contributed by atoms with Gasteiger partial charge in [0.1, 0.15) is 5.75 Å². The minimum Gasteiger partial charge on any atom is -0.506 e. The van der Waals surface area contributed by atoms with E-state index in [1.807, 2.05) is 0 Å². The molecule has 1 rings (SSSR count). The second kappa shape index (κ2) is 2.58. The van der Waals surface area contributed by atoms with E-state index in [1.165, 1.54) is 6.20 Å². The first-order valence-corrected chi connectivity index (χ1v) is 2.99. The average molecular weight is 138 g/mol. The number of aromatic hydroxyl groups is 1. The third-order valence-electron chi connectivity index (χ3n) is 1.30. The lowest BCUT2D eigenvalue weighted by Gasteiger charge is -1.99. The Morgan fingerprint density at radius 2 is 2.50 bits per heavy atom. The molecule has 0 aromatic carbocycles. The molecule has 4 N–H and O–H groups in total. The summed E-state index contributed by atoms with van der Waals surface area (Å²) in [6.07, 6.45) is 3.09. The van der Waals surface area contributed by atoms with E-state index < -0.39 is 0 Å². The van der Waals surface area contributed by atoms with Crippen molar-refractivity contribution in [1.29, 1.82) is 0 Å². The lowest BCUT2D eigenvalue weighted by Crippen LogP contribution is -2.06. The van der Waals surface area contributed by atoms with Gasteiger partial charge >= 0.3 is 0 Å². The van der Waals surface area contributed by atoms with Crippen LogP contribution in [0.1, 0.15) is 11.7 Å². The molecule has 0 saturated heterocycles. The van der Waals surface area contributed by atoms with Crippen molar-refractivity contribution in [2.24, 2.45) is 5.73 Å². The first-order valence-electron chi connectivity index (χ1n) is 2.99. The molecule has 10 heavy (non-hydrogen) atoms. The fourth-order valence-electron chi connectivity index (χ4n) is 0.719. The maximum Gasteiger partial charge on any atom is 0.133 e. The highest BCUT2D eigenvalue weighted by molar-refractivity contribution is 5.25. The molecule has 0 aliphatic rings. The minimum absolute atomic E-state index is 0.201. The van der Waals surface area contributed by atoms with E-state index in [1.54, 1.807) is 12.1 Å². The van der Waals surface area contributed by atoms with E-state index in [0.29, 0.717) is 0 Å². The summed E-state index contributed by atoms with van der Waals surface area (Å²) in [4.78, 5) is 2.81.